The number of rotatable bonds is 6. The molecule has 130 valence electrons. The zero-order valence-corrected chi connectivity index (χ0v) is 14.0. The Hall–Kier alpha value is -3.02. The van der Waals surface area contributed by atoms with Crippen molar-refractivity contribution in [3.05, 3.63) is 59.7 Å². The molecule has 0 saturated carbocycles. The molecule has 2 aromatic rings. The van der Waals surface area contributed by atoms with Crippen molar-refractivity contribution in [1.82, 2.24) is 4.90 Å². The third-order valence-electron chi connectivity index (χ3n) is 4.24. The average Bonchev–Trinajstić information content (AvgIpc) is 3.08. The van der Waals surface area contributed by atoms with Crippen molar-refractivity contribution in [3.63, 3.8) is 0 Å². The molecule has 0 aliphatic carbocycles. The van der Waals surface area contributed by atoms with E-state index in [-0.39, 0.29) is 25.2 Å². The Morgan fingerprint density at radius 3 is 2.56 bits per heavy atom. The highest BCUT2D eigenvalue weighted by Crippen LogP contribution is 2.33. The maximum atomic E-state index is 12.8. The predicted octanol–water partition coefficient (Wildman–Crippen LogP) is 1.97. The minimum atomic E-state index is -0.439. The maximum absolute atomic E-state index is 12.8. The molecule has 0 fully saturated rings. The summed E-state index contributed by atoms with van der Waals surface area (Å²) in [4.78, 5) is 25.9. The summed E-state index contributed by atoms with van der Waals surface area (Å²) >= 11 is 0. The number of primary amides is 1. The zero-order valence-electron chi connectivity index (χ0n) is 14.0. The van der Waals surface area contributed by atoms with Crippen molar-refractivity contribution in [2.24, 2.45) is 5.73 Å². The van der Waals surface area contributed by atoms with E-state index in [1.165, 1.54) is 0 Å². The molecule has 0 saturated heterocycles. The number of hydrogen-bond acceptors (Lipinski definition) is 4. The molecular weight excluding hydrogens is 320 g/mol. The second-order valence-corrected chi connectivity index (χ2v) is 6.00. The van der Waals surface area contributed by atoms with Crippen LogP contribution >= 0.6 is 0 Å². The van der Waals surface area contributed by atoms with Gasteiger partial charge >= 0.3 is 0 Å². The number of ether oxygens (including phenoxy) is 2. The molecule has 2 amide bonds. The fourth-order valence-electron chi connectivity index (χ4n) is 2.86. The van der Waals surface area contributed by atoms with Crippen LogP contribution in [0, 0.1) is 0 Å². The summed E-state index contributed by atoms with van der Waals surface area (Å²) in [5, 5.41) is 0. The minimum Gasteiger partial charge on any atom is -0.454 e. The summed E-state index contributed by atoms with van der Waals surface area (Å²) in [5.74, 6) is 0.540. The van der Waals surface area contributed by atoms with Gasteiger partial charge in [-0.25, -0.2) is 0 Å². The molecule has 6 heteroatoms. The molecule has 0 aromatic heterocycles. The molecule has 0 unspecified atom stereocenters. The van der Waals surface area contributed by atoms with Crippen LogP contribution in [0.25, 0.3) is 0 Å². The number of amides is 2. The van der Waals surface area contributed by atoms with E-state index in [0.29, 0.717) is 23.5 Å². The summed E-state index contributed by atoms with van der Waals surface area (Å²) in [6.07, 6.45) is 0.651. The van der Waals surface area contributed by atoms with Gasteiger partial charge < -0.3 is 20.1 Å². The molecule has 1 aliphatic heterocycles. The van der Waals surface area contributed by atoms with Crippen LogP contribution in [0.2, 0.25) is 0 Å². The van der Waals surface area contributed by atoms with Crippen LogP contribution in [0.4, 0.5) is 0 Å². The van der Waals surface area contributed by atoms with Crippen LogP contribution in [-0.4, -0.2) is 36.6 Å². The van der Waals surface area contributed by atoms with Crippen LogP contribution in [0.5, 0.6) is 11.5 Å². The summed E-state index contributed by atoms with van der Waals surface area (Å²) in [6, 6.07) is 14.4. The minimum absolute atomic E-state index is 0.0989. The van der Waals surface area contributed by atoms with Gasteiger partial charge in [0.25, 0.3) is 5.91 Å². The summed E-state index contributed by atoms with van der Waals surface area (Å²) in [6.45, 7) is 0.154. The highest BCUT2D eigenvalue weighted by molar-refractivity contribution is 5.95. The molecule has 6 nitrogen and oxygen atoms in total. The molecule has 3 rings (SSSR count). The van der Waals surface area contributed by atoms with Crippen molar-refractivity contribution in [3.8, 4) is 11.5 Å². The lowest BCUT2D eigenvalue weighted by atomic mass is 10.0. The highest BCUT2D eigenvalue weighted by Gasteiger charge is 2.25. The highest BCUT2D eigenvalue weighted by atomic mass is 16.7. The lowest BCUT2D eigenvalue weighted by Gasteiger charge is -2.28. The monoisotopic (exact) mass is 340 g/mol. The predicted molar refractivity (Wildman–Crippen MR) is 92.4 cm³/mol. The summed E-state index contributed by atoms with van der Waals surface area (Å²) in [7, 11) is 1.68. The quantitative estimate of drug-likeness (QED) is 0.872. The van der Waals surface area contributed by atoms with E-state index in [2.05, 4.69) is 0 Å². The van der Waals surface area contributed by atoms with E-state index < -0.39 is 5.91 Å². The smallest absolute Gasteiger partial charge is 0.254 e. The summed E-state index contributed by atoms with van der Waals surface area (Å²) < 4.78 is 10.6. The van der Waals surface area contributed by atoms with E-state index in [1.807, 2.05) is 30.3 Å². The number of fused-ring (bicyclic) bond motifs is 1. The van der Waals surface area contributed by atoms with E-state index in [4.69, 9.17) is 15.2 Å². The number of nitrogens with two attached hydrogens (primary N) is 1. The third-order valence-corrected chi connectivity index (χ3v) is 4.24. The summed E-state index contributed by atoms with van der Waals surface area (Å²) in [5.41, 5.74) is 6.91. The molecule has 0 bridgehead atoms. The molecule has 2 aromatic carbocycles. The number of nitrogens with zero attached hydrogens (tertiary/aromatic N) is 1. The van der Waals surface area contributed by atoms with E-state index in [1.54, 1.807) is 30.1 Å². The normalized spacial score (nSPS) is 13.3. The molecule has 1 aliphatic rings. The van der Waals surface area contributed by atoms with Crippen molar-refractivity contribution >= 4 is 11.8 Å². The number of benzene rings is 2. The van der Waals surface area contributed by atoms with Crippen molar-refractivity contribution in [2.75, 3.05) is 13.8 Å². The average molecular weight is 340 g/mol. The fraction of sp³-hybridized carbons (Fsp3) is 0.263. The second-order valence-electron chi connectivity index (χ2n) is 6.00. The molecular formula is C19H20N2O4. The van der Waals surface area contributed by atoms with Crippen LogP contribution < -0.4 is 15.2 Å². The SMILES string of the molecule is CN(C(=O)c1ccc2c(c1)OCO2)[C@@H](CC(N)=O)Cc1ccccc1. The van der Waals surface area contributed by atoms with Crippen LogP contribution in [-0.2, 0) is 11.2 Å². The van der Waals surface area contributed by atoms with Crippen LogP contribution in [0.1, 0.15) is 22.3 Å². The number of likely N-dealkylation sites (N-methyl/N-ethyl adjacent to an activating group) is 1. The van der Waals surface area contributed by atoms with Gasteiger partial charge in [0.05, 0.1) is 0 Å². The van der Waals surface area contributed by atoms with Gasteiger partial charge in [-0.1, -0.05) is 30.3 Å². The fourth-order valence-corrected chi connectivity index (χ4v) is 2.86. The molecule has 0 radical (unpaired) electrons. The van der Waals surface area contributed by atoms with Crippen molar-refractivity contribution in [1.29, 1.82) is 0 Å². The Morgan fingerprint density at radius 1 is 1.12 bits per heavy atom. The molecule has 2 N–H and O–H groups in total. The number of carbonyl (C=O) groups is 2. The van der Waals surface area contributed by atoms with Gasteiger partial charge in [0.1, 0.15) is 0 Å². The third kappa shape index (κ3) is 3.91. The van der Waals surface area contributed by atoms with Gasteiger partial charge in [-0.2, -0.15) is 0 Å². The standard InChI is InChI=1S/C19H20N2O4/c1-21(15(11-18(20)22)9-13-5-3-2-4-6-13)19(23)14-7-8-16-17(10-14)25-12-24-16/h2-8,10,15H,9,11-12H2,1H3,(H2,20,22)/t15-/m1/s1. The van der Waals surface area contributed by atoms with Gasteiger partial charge in [0.2, 0.25) is 12.7 Å². The Morgan fingerprint density at radius 2 is 1.84 bits per heavy atom. The van der Waals surface area contributed by atoms with Gasteiger partial charge in [0, 0.05) is 25.1 Å². The van der Waals surface area contributed by atoms with Crippen molar-refractivity contribution < 1.29 is 19.1 Å². The molecule has 1 atom stereocenters. The Labute approximate surface area is 146 Å². The van der Waals surface area contributed by atoms with Crippen LogP contribution in [0.15, 0.2) is 48.5 Å². The maximum Gasteiger partial charge on any atom is 0.254 e. The first kappa shape index (κ1) is 16.8. The Kier molecular flexibility index (Phi) is 4.88. The van der Waals surface area contributed by atoms with Gasteiger partial charge in [-0.15, -0.1) is 0 Å². The first-order valence-corrected chi connectivity index (χ1v) is 8.03. The van der Waals surface area contributed by atoms with E-state index in [9.17, 15) is 9.59 Å². The molecule has 0 spiro atoms. The number of hydrogen-bond donors (Lipinski definition) is 1. The van der Waals surface area contributed by atoms with Crippen LogP contribution in [0.3, 0.4) is 0 Å². The topological polar surface area (TPSA) is 81.9 Å². The Balaban J connectivity index is 1.79. The number of carbonyl (C=O) groups excluding carboxylic acids is 2. The van der Waals surface area contributed by atoms with Gasteiger partial charge in [0.15, 0.2) is 11.5 Å². The van der Waals surface area contributed by atoms with Gasteiger partial charge in [-0.05, 0) is 30.2 Å². The van der Waals surface area contributed by atoms with Gasteiger partial charge in [-0.3, -0.25) is 9.59 Å². The lowest BCUT2D eigenvalue weighted by Crippen LogP contribution is -2.41. The second kappa shape index (κ2) is 7.25. The Bertz CT molecular complexity index is 776. The zero-order chi connectivity index (χ0) is 17.8. The molecule has 1 heterocycles. The van der Waals surface area contributed by atoms with Crippen molar-refractivity contribution in [2.45, 2.75) is 18.9 Å². The van der Waals surface area contributed by atoms with E-state index >= 15 is 0 Å². The lowest BCUT2D eigenvalue weighted by molar-refractivity contribution is -0.118. The largest absolute Gasteiger partial charge is 0.454 e. The first-order valence-electron chi connectivity index (χ1n) is 8.03. The van der Waals surface area contributed by atoms with E-state index in [0.717, 1.165) is 5.56 Å². The first-order chi connectivity index (χ1) is 12.0. The molecule has 25 heavy (non-hydrogen) atoms.